The molecule has 0 saturated heterocycles. The van der Waals surface area contributed by atoms with Gasteiger partial charge < -0.3 is 14.2 Å². The van der Waals surface area contributed by atoms with Crippen molar-refractivity contribution >= 4 is 108 Å². The molecule has 0 amide bonds. The Kier molecular flexibility index (Phi) is 18.3. The largest absolute Gasteiger partial charge is 0.461 e. The van der Waals surface area contributed by atoms with Gasteiger partial charge in [0.15, 0.2) is 0 Å². The molecule has 0 bridgehead atoms. The van der Waals surface area contributed by atoms with E-state index < -0.39 is 23.3 Å². The zero-order valence-corrected chi connectivity index (χ0v) is 39.2. The van der Waals surface area contributed by atoms with Crippen LogP contribution in [0.2, 0.25) is 0 Å². The summed E-state index contributed by atoms with van der Waals surface area (Å²) in [5, 5.41) is 0. The van der Waals surface area contributed by atoms with Crippen LogP contribution in [0.3, 0.4) is 0 Å². The second kappa shape index (κ2) is 24.2. The van der Waals surface area contributed by atoms with Gasteiger partial charge in [-0.25, -0.2) is 14.4 Å². The van der Waals surface area contributed by atoms with Crippen LogP contribution in [0.25, 0.3) is 0 Å². The molecule has 9 nitrogen and oxygen atoms in total. The molecule has 0 atom stereocenters. The van der Waals surface area contributed by atoms with Crippen LogP contribution in [-0.4, -0.2) is 72.5 Å². The number of carbonyl (C=O) groups is 3. The van der Waals surface area contributed by atoms with E-state index in [2.05, 4.69) is 21.0 Å². The fourth-order valence-corrected chi connectivity index (χ4v) is 9.02. The summed E-state index contributed by atoms with van der Waals surface area (Å²) < 4.78 is 19.7. The van der Waals surface area contributed by atoms with Crippen molar-refractivity contribution in [1.29, 1.82) is 0 Å². The molecule has 0 unspecified atom stereocenters. The summed E-state index contributed by atoms with van der Waals surface area (Å²) in [6, 6.07) is 32.5. The average molecular weight is 950 g/mol. The Hall–Kier alpha value is -4.90. The van der Waals surface area contributed by atoms with E-state index >= 15 is 0 Å². The molecule has 3 aromatic carbocycles. The van der Waals surface area contributed by atoms with Crippen molar-refractivity contribution in [2.75, 3.05) is 26.4 Å². The Morgan fingerprint density at radius 1 is 0.571 bits per heavy atom. The fraction of sp³-hybridized carbons (Fsp3) is 0.229. The molecule has 63 heavy (non-hydrogen) atoms. The highest BCUT2D eigenvalue weighted by Gasteiger charge is 2.35. The van der Waals surface area contributed by atoms with Gasteiger partial charge in [-0.3, -0.25) is 15.0 Å². The fourth-order valence-electron chi connectivity index (χ4n) is 5.82. The van der Waals surface area contributed by atoms with Gasteiger partial charge in [0.05, 0.1) is 51.8 Å². The van der Waals surface area contributed by atoms with E-state index in [0.29, 0.717) is 48.8 Å². The molecule has 1 aliphatic rings. The number of rotatable bonds is 19. The Morgan fingerprint density at radius 2 is 0.968 bits per heavy atom. The van der Waals surface area contributed by atoms with Crippen molar-refractivity contribution in [2.24, 2.45) is 10.4 Å². The number of thioether (sulfide) groups is 3. The van der Waals surface area contributed by atoms with E-state index in [9.17, 15) is 14.4 Å². The zero-order valence-electron chi connectivity index (χ0n) is 34.3. The van der Waals surface area contributed by atoms with E-state index in [1.165, 1.54) is 35.3 Å². The lowest BCUT2D eigenvalue weighted by molar-refractivity contribution is -0.0381. The van der Waals surface area contributed by atoms with Crippen molar-refractivity contribution in [2.45, 2.75) is 37.0 Å². The first-order valence-electron chi connectivity index (χ1n) is 19.9. The lowest BCUT2D eigenvalue weighted by Crippen LogP contribution is -2.39. The Balaban J connectivity index is 1.07. The topological polar surface area (TPSA) is 117 Å². The van der Waals surface area contributed by atoms with Crippen molar-refractivity contribution < 1.29 is 28.6 Å². The van der Waals surface area contributed by atoms with E-state index in [1.807, 2.05) is 85.8 Å². The Labute approximate surface area is 396 Å². The molecule has 0 saturated carbocycles. The van der Waals surface area contributed by atoms with Gasteiger partial charge in [-0.15, -0.1) is 35.3 Å². The molecule has 0 fully saturated rings. The van der Waals surface area contributed by atoms with Gasteiger partial charge >= 0.3 is 17.9 Å². The summed E-state index contributed by atoms with van der Waals surface area (Å²) in [5.74, 6) is 0.139. The molecule has 0 N–H and O–H groups in total. The average Bonchev–Trinajstić information content (AvgIpc) is 3.35. The number of esters is 3. The lowest BCUT2D eigenvalue weighted by Gasteiger charge is -2.31. The van der Waals surface area contributed by atoms with Gasteiger partial charge in [-0.2, -0.15) is 0 Å². The zero-order chi connectivity index (χ0) is 44.4. The monoisotopic (exact) mass is 949 g/mol. The second-order valence-electron chi connectivity index (χ2n) is 14.3. The predicted octanol–water partition coefficient (Wildman–Crippen LogP) is 10.9. The van der Waals surface area contributed by atoms with Gasteiger partial charge in [0, 0.05) is 36.2 Å². The first-order valence-corrected chi connectivity index (χ1v) is 24.1. The van der Waals surface area contributed by atoms with Crippen molar-refractivity contribution in [3.05, 3.63) is 179 Å². The number of pyridine rings is 2. The van der Waals surface area contributed by atoms with Crippen LogP contribution in [0.4, 0.5) is 0 Å². The highest BCUT2D eigenvalue weighted by atomic mass is 32.2. The van der Waals surface area contributed by atoms with Crippen LogP contribution in [0.15, 0.2) is 139 Å². The number of nitrogens with zero attached hydrogens (tertiary/aromatic N) is 3. The molecule has 322 valence electrons. The maximum atomic E-state index is 13.4. The maximum Gasteiger partial charge on any atom is 0.338 e. The van der Waals surface area contributed by atoms with Crippen LogP contribution in [0, 0.1) is 5.41 Å². The third kappa shape index (κ3) is 14.6. The SMILES string of the molecule is CCC(COC(=O)c1ccc(CSC(=S)C2=NCCC=C2)cc1)(COC(=O)c1ccc(CSC(=S)c2ccccn2)cc1)COC(=O)c1ccc(CSC(=S)c2ccccn2)cc1. The van der Waals surface area contributed by atoms with Crippen molar-refractivity contribution in [3.8, 4) is 0 Å². The van der Waals surface area contributed by atoms with Gasteiger partial charge in [0.25, 0.3) is 0 Å². The van der Waals surface area contributed by atoms with Gasteiger partial charge in [0.1, 0.15) is 19.8 Å². The smallest absolute Gasteiger partial charge is 0.338 e. The molecule has 0 spiro atoms. The number of ether oxygens (including phenoxy) is 3. The first-order chi connectivity index (χ1) is 30.6. The molecule has 1 aliphatic heterocycles. The van der Waals surface area contributed by atoms with Crippen LogP contribution in [0.1, 0.15) is 78.9 Å². The summed E-state index contributed by atoms with van der Waals surface area (Å²) in [7, 11) is 0. The highest BCUT2D eigenvalue weighted by molar-refractivity contribution is 8.25. The standard InChI is InChI=1S/C48H43N3O6S6/c1-2-48(30-55-42(52)36-18-12-33(13-19-36)27-61-45(58)39-9-3-6-24-49-39,31-56-43(53)37-20-14-34(15-21-37)28-62-46(59)40-10-4-7-25-50-40)32-57-44(54)38-22-16-35(17-23-38)29-63-47(60)41-11-5-8-26-51-41/h3-7,9-25H,2,8,26-32H2,1H3. The minimum Gasteiger partial charge on any atom is -0.461 e. The number of dihydropyridines is 1. The molecule has 5 aromatic rings. The summed E-state index contributed by atoms with van der Waals surface area (Å²) in [6.45, 7) is 2.07. The molecule has 3 heterocycles. The Bertz CT molecular complexity index is 2330. The number of benzene rings is 3. The Morgan fingerprint density at radius 3 is 1.30 bits per heavy atom. The van der Waals surface area contributed by atoms with E-state index in [-0.39, 0.29) is 19.8 Å². The predicted molar refractivity (Wildman–Crippen MR) is 267 cm³/mol. The molecule has 15 heteroatoms. The summed E-state index contributed by atoms with van der Waals surface area (Å²) >= 11 is 21.1. The number of aromatic nitrogens is 2. The normalized spacial score (nSPS) is 12.2. The van der Waals surface area contributed by atoms with E-state index in [1.54, 1.807) is 48.8 Å². The molecular formula is C48H43N3O6S6. The van der Waals surface area contributed by atoms with Gasteiger partial charge in [-0.1, -0.05) is 98.2 Å². The van der Waals surface area contributed by atoms with E-state index in [4.69, 9.17) is 50.9 Å². The third-order valence-electron chi connectivity index (χ3n) is 9.77. The third-order valence-corrected chi connectivity index (χ3v) is 14.3. The number of aliphatic imine (C=N–C) groups is 1. The quantitative estimate of drug-likeness (QED) is 0.0444. The second-order valence-corrected chi connectivity index (χ2v) is 19.2. The van der Waals surface area contributed by atoms with Crippen LogP contribution < -0.4 is 0 Å². The van der Waals surface area contributed by atoms with Crippen LogP contribution in [-0.2, 0) is 31.5 Å². The first kappa shape index (κ1) is 47.6. The minimum absolute atomic E-state index is 0.177. The summed E-state index contributed by atoms with van der Waals surface area (Å²) in [4.78, 5) is 53.3. The van der Waals surface area contributed by atoms with Crippen molar-refractivity contribution in [3.63, 3.8) is 0 Å². The summed E-state index contributed by atoms with van der Waals surface area (Å²) in [6.07, 6.45) is 8.71. The number of carbonyl (C=O) groups excluding carboxylic acids is 3. The summed E-state index contributed by atoms with van der Waals surface area (Å²) in [5.41, 5.74) is 5.22. The lowest BCUT2D eigenvalue weighted by atomic mass is 9.88. The maximum absolute atomic E-state index is 13.4. The molecular weight excluding hydrogens is 907 g/mol. The van der Waals surface area contributed by atoms with Crippen LogP contribution >= 0.6 is 71.9 Å². The minimum atomic E-state index is -1.06. The molecule has 2 aromatic heterocycles. The highest BCUT2D eigenvalue weighted by Crippen LogP contribution is 2.27. The number of allylic oxidation sites excluding steroid dienone is 1. The van der Waals surface area contributed by atoms with Crippen LogP contribution in [0.5, 0.6) is 0 Å². The molecule has 6 rings (SSSR count). The number of hydrogen-bond acceptors (Lipinski definition) is 15. The van der Waals surface area contributed by atoms with Gasteiger partial charge in [0.2, 0.25) is 0 Å². The molecule has 0 aliphatic carbocycles. The molecule has 0 radical (unpaired) electrons. The number of hydrogen-bond donors (Lipinski definition) is 0. The van der Waals surface area contributed by atoms with E-state index in [0.717, 1.165) is 51.0 Å². The van der Waals surface area contributed by atoms with Crippen molar-refractivity contribution in [1.82, 2.24) is 9.97 Å². The van der Waals surface area contributed by atoms with Gasteiger partial charge in [-0.05, 0) is 96.3 Å². The number of thiocarbonyl (C=S) groups is 3.